The molecule has 7 nitrogen and oxygen atoms in total. The summed E-state index contributed by atoms with van der Waals surface area (Å²) in [7, 11) is 0. The predicted octanol–water partition coefficient (Wildman–Crippen LogP) is 11.4. The number of amidine groups is 1. The van der Waals surface area contributed by atoms with Crippen molar-refractivity contribution >= 4 is 55.8 Å². The number of hydrogen-bond donors (Lipinski definition) is 2. The van der Waals surface area contributed by atoms with Crippen LogP contribution in [-0.4, -0.2) is 22.3 Å². The first kappa shape index (κ1) is 32.0. The summed E-state index contributed by atoms with van der Waals surface area (Å²) < 4.78 is 13.1. The number of nitrogens with one attached hydrogen (secondary N) is 2. The molecule has 5 aromatic carbocycles. The van der Waals surface area contributed by atoms with Crippen LogP contribution in [0.3, 0.4) is 0 Å². The zero-order valence-corrected chi connectivity index (χ0v) is 30.1. The van der Waals surface area contributed by atoms with Crippen LogP contribution in [0.25, 0.3) is 66.6 Å². The highest BCUT2D eigenvalue weighted by Gasteiger charge is 2.26. The molecule has 6 heterocycles. The molecule has 1 atom stereocenters. The van der Waals surface area contributed by atoms with E-state index in [0.29, 0.717) is 6.54 Å². The van der Waals surface area contributed by atoms with Crippen molar-refractivity contribution in [1.29, 1.82) is 0 Å². The molecule has 266 valence electrons. The maximum absolute atomic E-state index is 6.58. The second kappa shape index (κ2) is 13.1. The molecule has 1 unspecified atom stereocenters. The molecule has 0 saturated carbocycles. The van der Waals surface area contributed by atoms with Crippen LogP contribution in [-0.2, 0) is 0 Å². The van der Waals surface area contributed by atoms with E-state index in [2.05, 4.69) is 107 Å². The standard InChI is InChI=1S/C49H33N5O2/c1-2-10-30(11-3-1)31-12-8-13-32(24-31)41-28-42(54-49(53-41)33-14-9-21-50-29-33)36-26-34(37-19-22-51-45-39-15-4-6-17-43(39)55-47(37)45)25-35(27-36)38-20-23-52-46-40-16-5-7-18-44(40)56-48(38)46/h1-22,24-29,41,52H,23H2,(H,53,54). The van der Waals surface area contributed by atoms with Crippen LogP contribution in [0, 0.1) is 0 Å². The van der Waals surface area contributed by atoms with Gasteiger partial charge in [-0.3, -0.25) is 9.97 Å². The molecular weight excluding hydrogens is 691 g/mol. The Morgan fingerprint density at radius 2 is 1.38 bits per heavy atom. The summed E-state index contributed by atoms with van der Waals surface area (Å²) in [4.78, 5) is 14.5. The first-order valence-corrected chi connectivity index (χ1v) is 18.7. The first-order valence-electron chi connectivity index (χ1n) is 18.7. The number of para-hydroxylation sites is 2. The van der Waals surface area contributed by atoms with Crippen molar-refractivity contribution in [2.45, 2.75) is 6.04 Å². The summed E-state index contributed by atoms with van der Waals surface area (Å²) in [5, 5.41) is 9.36. The average molecular weight is 724 g/mol. The summed E-state index contributed by atoms with van der Waals surface area (Å²) in [5.41, 5.74) is 14.4. The van der Waals surface area contributed by atoms with E-state index in [1.54, 1.807) is 6.20 Å². The highest BCUT2D eigenvalue weighted by molar-refractivity contribution is 6.08. The van der Waals surface area contributed by atoms with Gasteiger partial charge in [-0.2, -0.15) is 0 Å². The van der Waals surface area contributed by atoms with Crippen LogP contribution in [0.15, 0.2) is 184 Å². The summed E-state index contributed by atoms with van der Waals surface area (Å²) in [6.45, 7) is 0.671. The van der Waals surface area contributed by atoms with Crippen molar-refractivity contribution < 1.29 is 8.83 Å². The lowest BCUT2D eigenvalue weighted by Gasteiger charge is -2.25. The van der Waals surface area contributed by atoms with Gasteiger partial charge >= 0.3 is 0 Å². The van der Waals surface area contributed by atoms with Crippen molar-refractivity contribution in [2.24, 2.45) is 4.99 Å². The number of pyridine rings is 2. The molecule has 0 amide bonds. The van der Waals surface area contributed by atoms with Gasteiger partial charge in [0.1, 0.15) is 22.5 Å². The highest BCUT2D eigenvalue weighted by Crippen LogP contribution is 2.43. The number of furan rings is 2. The van der Waals surface area contributed by atoms with Gasteiger partial charge in [-0.25, -0.2) is 4.99 Å². The molecule has 0 bridgehead atoms. The minimum atomic E-state index is -0.170. The van der Waals surface area contributed by atoms with Crippen molar-refractivity contribution in [3.05, 3.63) is 198 Å². The van der Waals surface area contributed by atoms with Crippen molar-refractivity contribution in [3.8, 4) is 22.3 Å². The Hall–Kier alpha value is -7.51. The quantitative estimate of drug-likeness (QED) is 0.178. The van der Waals surface area contributed by atoms with E-state index in [4.69, 9.17) is 18.8 Å². The van der Waals surface area contributed by atoms with Crippen LogP contribution in [0.2, 0.25) is 0 Å². The molecule has 11 rings (SSSR count). The Balaban J connectivity index is 1.12. The number of aliphatic imine (C=N–C) groups is 1. The molecule has 2 aliphatic heterocycles. The number of nitrogens with zero attached hydrogens (tertiary/aromatic N) is 3. The smallest absolute Gasteiger partial charge is 0.161 e. The Morgan fingerprint density at radius 3 is 2.25 bits per heavy atom. The first-order chi connectivity index (χ1) is 27.7. The SMILES string of the molecule is C1=C(c2cc(C3=CCNc4c3oc3ccccc43)cc(-c3ccnc4c3oc3ccccc34)c2)N=C(c2cccnc2)NC1c1cccc(-c2ccccc2)c1. The summed E-state index contributed by atoms with van der Waals surface area (Å²) in [5.74, 6) is 1.57. The van der Waals surface area contributed by atoms with Crippen molar-refractivity contribution in [3.63, 3.8) is 0 Å². The molecule has 0 spiro atoms. The summed E-state index contributed by atoms with van der Waals surface area (Å²) in [6.07, 6.45) is 9.93. The van der Waals surface area contributed by atoms with Crippen LogP contribution in [0.1, 0.15) is 34.1 Å². The number of aromatic nitrogens is 2. The molecule has 0 fully saturated rings. The average Bonchev–Trinajstić information content (AvgIpc) is 3.86. The van der Waals surface area contributed by atoms with E-state index in [0.717, 1.165) is 101 Å². The second-order valence-electron chi connectivity index (χ2n) is 14.1. The van der Waals surface area contributed by atoms with Gasteiger partial charge in [0.15, 0.2) is 11.3 Å². The topological polar surface area (TPSA) is 88.5 Å². The van der Waals surface area contributed by atoms with Gasteiger partial charge in [-0.05, 0) is 101 Å². The zero-order valence-electron chi connectivity index (χ0n) is 30.1. The summed E-state index contributed by atoms with van der Waals surface area (Å²) in [6, 6.07) is 48.0. The van der Waals surface area contributed by atoms with E-state index in [1.165, 1.54) is 5.56 Å². The molecule has 0 radical (unpaired) electrons. The van der Waals surface area contributed by atoms with Gasteiger partial charge in [0.2, 0.25) is 0 Å². The normalized spacial score (nSPS) is 15.1. The van der Waals surface area contributed by atoms with E-state index in [9.17, 15) is 0 Å². The van der Waals surface area contributed by atoms with Crippen LogP contribution in [0.4, 0.5) is 5.69 Å². The third kappa shape index (κ3) is 5.48. The van der Waals surface area contributed by atoms with Gasteiger partial charge in [0, 0.05) is 58.2 Å². The van der Waals surface area contributed by atoms with E-state index in [-0.39, 0.29) is 6.04 Å². The summed E-state index contributed by atoms with van der Waals surface area (Å²) >= 11 is 0. The molecule has 56 heavy (non-hydrogen) atoms. The fourth-order valence-electron chi connectivity index (χ4n) is 8.00. The molecule has 2 aliphatic rings. The van der Waals surface area contributed by atoms with Crippen molar-refractivity contribution in [2.75, 3.05) is 11.9 Å². The molecule has 7 heteroatoms. The van der Waals surface area contributed by atoms with Gasteiger partial charge in [-0.1, -0.05) is 78.9 Å². The zero-order chi connectivity index (χ0) is 37.0. The maximum Gasteiger partial charge on any atom is 0.161 e. The van der Waals surface area contributed by atoms with Crippen LogP contribution < -0.4 is 10.6 Å². The third-order valence-corrected chi connectivity index (χ3v) is 10.7. The number of fused-ring (bicyclic) bond motifs is 6. The van der Waals surface area contributed by atoms with Gasteiger partial charge in [0.25, 0.3) is 0 Å². The van der Waals surface area contributed by atoms with Gasteiger partial charge < -0.3 is 19.5 Å². The third-order valence-electron chi connectivity index (χ3n) is 10.7. The monoisotopic (exact) mass is 723 g/mol. The largest absolute Gasteiger partial charge is 0.454 e. The predicted molar refractivity (Wildman–Crippen MR) is 225 cm³/mol. The molecule has 4 aromatic heterocycles. The Kier molecular flexibility index (Phi) is 7.48. The van der Waals surface area contributed by atoms with E-state index >= 15 is 0 Å². The number of rotatable bonds is 6. The van der Waals surface area contributed by atoms with Crippen molar-refractivity contribution in [1.82, 2.24) is 15.3 Å². The van der Waals surface area contributed by atoms with Crippen LogP contribution >= 0.6 is 0 Å². The molecule has 9 aromatic rings. The van der Waals surface area contributed by atoms with Gasteiger partial charge in [0.05, 0.1) is 17.4 Å². The fourth-order valence-corrected chi connectivity index (χ4v) is 8.00. The van der Waals surface area contributed by atoms with Gasteiger partial charge in [-0.15, -0.1) is 0 Å². The molecular formula is C49H33N5O2. The fraction of sp³-hybridized carbons (Fsp3) is 0.0408. The maximum atomic E-state index is 6.58. The van der Waals surface area contributed by atoms with E-state index < -0.39 is 0 Å². The highest BCUT2D eigenvalue weighted by atomic mass is 16.3. The number of hydrogen-bond acceptors (Lipinski definition) is 7. The van der Waals surface area contributed by atoms with E-state index in [1.807, 2.05) is 73.1 Å². The lowest BCUT2D eigenvalue weighted by atomic mass is 9.91. The lowest BCUT2D eigenvalue weighted by Crippen LogP contribution is -2.31. The minimum absolute atomic E-state index is 0.170. The van der Waals surface area contributed by atoms with Crippen LogP contribution in [0.5, 0.6) is 0 Å². The number of anilines is 1. The minimum Gasteiger partial charge on any atom is -0.454 e. The molecule has 0 saturated heterocycles. The second-order valence-corrected chi connectivity index (χ2v) is 14.1. The lowest BCUT2D eigenvalue weighted by molar-refractivity contribution is 0.600. The molecule has 2 N–H and O–H groups in total. The number of benzene rings is 5. The Bertz CT molecular complexity index is 3070. The Labute approximate surface area is 322 Å². The Morgan fingerprint density at radius 1 is 0.607 bits per heavy atom. The molecule has 0 aliphatic carbocycles.